The van der Waals surface area contributed by atoms with Crippen LogP contribution < -0.4 is 0 Å². The van der Waals surface area contributed by atoms with Crippen molar-refractivity contribution in [3.05, 3.63) is 33.0 Å². The molecule has 0 spiro atoms. The molecule has 0 radical (unpaired) electrons. The maximum atomic E-state index is 11.2. The summed E-state index contributed by atoms with van der Waals surface area (Å²) in [5.74, 6) is -0.477. The molecule has 0 aromatic carbocycles. The van der Waals surface area contributed by atoms with E-state index in [2.05, 4.69) is 4.74 Å². The van der Waals surface area contributed by atoms with E-state index in [4.69, 9.17) is 0 Å². The Labute approximate surface area is 81.2 Å². The van der Waals surface area contributed by atoms with Crippen LogP contribution in [0.1, 0.15) is 19.8 Å². The van der Waals surface area contributed by atoms with E-state index in [1.165, 1.54) is 13.2 Å². The lowest BCUT2D eigenvalue weighted by Gasteiger charge is -2.11. The van der Waals surface area contributed by atoms with Crippen LogP contribution in [0.4, 0.5) is 0 Å². The van der Waals surface area contributed by atoms with E-state index in [1.807, 2.05) is 0 Å². The van der Waals surface area contributed by atoms with Crippen LogP contribution in [0.2, 0.25) is 0 Å². The van der Waals surface area contributed by atoms with Crippen LogP contribution in [-0.2, 0) is 9.53 Å². The van der Waals surface area contributed by atoms with Gasteiger partial charge < -0.3 is 4.74 Å². The fourth-order valence-electron chi connectivity index (χ4n) is 1.44. The molecule has 5 nitrogen and oxygen atoms in total. The topological polar surface area (TPSA) is 69.4 Å². The lowest BCUT2D eigenvalue weighted by Crippen LogP contribution is -2.14. The summed E-state index contributed by atoms with van der Waals surface area (Å²) >= 11 is 0. The normalized spacial score (nSPS) is 16.3. The van der Waals surface area contributed by atoms with E-state index < -0.39 is 10.9 Å². The number of rotatable bonds is 2. The van der Waals surface area contributed by atoms with Gasteiger partial charge in [-0.1, -0.05) is 0 Å². The number of nitrogens with zero attached hydrogens (tertiary/aromatic N) is 1. The monoisotopic (exact) mass is 197 g/mol. The van der Waals surface area contributed by atoms with Crippen LogP contribution in [0.15, 0.2) is 22.9 Å². The quantitative estimate of drug-likeness (QED) is 0.381. The molecule has 0 aliphatic heterocycles. The summed E-state index contributed by atoms with van der Waals surface area (Å²) in [7, 11) is 1.27. The van der Waals surface area contributed by atoms with Gasteiger partial charge in [-0.25, -0.2) is 4.79 Å². The van der Waals surface area contributed by atoms with Gasteiger partial charge in [-0.2, -0.15) is 0 Å². The Balaban J connectivity index is 3.06. The highest BCUT2D eigenvalue weighted by atomic mass is 16.6. The number of carbonyl (C=O) groups excluding carboxylic acids is 1. The van der Waals surface area contributed by atoms with Crippen molar-refractivity contribution in [2.45, 2.75) is 19.8 Å². The maximum absolute atomic E-state index is 11.2. The second kappa shape index (κ2) is 4.04. The van der Waals surface area contributed by atoms with Crippen LogP contribution in [0, 0.1) is 10.1 Å². The van der Waals surface area contributed by atoms with Crippen LogP contribution in [0.3, 0.4) is 0 Å². The molecule has 1 aliphatic carbocycles. The largest absolute Gasteiger partial charge is 0.466 e. The molecule has 0 fully saturated rings. The number of ether oxygens (including phenoxy) is 1. The number of nitro groups is 1. The molecule has 0 heterocycles. The Morgan fingerprint density at radius 2 is 2.29 bits per heavy atom. The zero-order valence-corrected chi connectivity index (χ0v) is 8.07. The molecule has 0 aromatic rings. The molecule has 14 heavy (non-hydrogen) atoms. The lowest BCUT2D eigenvalue weighted by molar-refractivity contribution is -0.421. The zero-order valence-electron chi connectivity index (χ0n) is 8.07. The first-order valence-electron chi connectivity index (χ1n) is 4.21. The van der Waals surface area contributed by atoms with E-state index in [1.54, 1.807) is 6.92 Å². The van der Waals surface area contributed by atoms with Crippen LogP contribution in [0.25, 0.3) is 0 Å². The Morgan fingerprint density at radius 3 is 2.79 bits per heavy atom. The molecule has 0 amide bonds. The number of carbonyl (C=O) groups is 1. The van der Waals surface area contributed by atoms with Crippen LogP contribution >= 0.6 is 0 Å². The fourth-order valence-corrected chi connectivity index (χ4v) is 1.44. The molecule has 76 valence electrons. The second-order valence-electron chi connectivity index (χ2n) is 2.98. The molecule has 1 rings (SSSR count). The van der Waals surface area contributed by atoms with Crippen molar-refractivity contribution in [3.63, 3.8) is 0 Å². The SMILES string of the molecule is COC(=O)C1=C(C)C([N+](=O)[O-])=CCC1. The smallest absolute Gasteiger partial charge is 0.334 e. The summed E-state index contributed by atoms with van der Waals surface area (Å²) in [6.45, 7) is 1.57. The first-order chi connectivity index (χ1) is 6.57. The van der Waals surface area contributed by atoms with Crippen LogP contribution in [-0.4, -0.2) is 18.0 Å². The van der Waals surface area contributed by atoms with Gasteiger partial charge >= 0.3 is 5.97 Å². The fraction of sp³-hybridized carbons (Fsp3) is 0.444. The van der Waals surface area contributed by atoms with Gasteiger partial charge in [0.1, 0.15) is 0 Å². The molecular weight excluding hydrogens is 186 g/mol. The summed E-state index contributed by atoms with van der Waals surface area (Å²) in [5.41, 5.74) is 0.825. The van der Waals surface area contributed by atoms with Crippen molar-refractivity contribution in [1.29, 1.82) is 0 Å². The lowest BCUT2D eigenvalue weighted by atomic mass is 9.96. The number of hydrogen-bond acceptors (Lipinski definition) is 4. The molecule has 0 saturated heterocycles. The van der Waals surface area contributed by atoms with Gasteiger partial charge in [0, 0.05) is 11.1 Å². The highest BCUT2D eigenvalue weighted by molar-refractivity contribution is 5.90. The number of allylic oxidation sites excluding steroid dienone is 2. The molecule has 1 aliphatic rings. The highest BCUT2D eigenvalue weighted by Crippen LogP contribution is 2.25. The van der Waals surface area contributed by atoms with Crippen molar-refractivity contribution in [2.75, 3.05) is 7.11 Å². The third-order valence-electron chi connectivity index (χ3n) is 2.20. The predicted molar refractivity (Wildman–Crippen MR) is 49.0 cm³/mol. The van der Waals surface area contributed by atoms with E-state index in [0.717, 1.165) is 0 Å². The number of hydrogen-bond donors (Lipinski definition) is 0. The van der Waals surface area contributed by atoms with E-state index in [-0.39, 0.29) is 5.70 Å². The summed E-state index contributed by atoms with van der Waals surface area (Å²) in [4.78, 5) is 21.3. The summed E-state index contributed by atoms with van der Waals surface area (Å²) in [5, 5.41) is 10.6. The minimum atomic E-state index is -0.477. The van der Waals surface area contributed by atoms with Gasteiger partial charge in [0.05, 0.1) is 12.0 Å². The minimum Gasteiger partial charge on any atom is -0.466 e. The first kappa shape index (κ1) is 10.4. The van der Waals surface area contributed by atoms with E-state index in [9.17, 15) is 14.9 Å². The van der Waals surface area contributed by atoms with Crippen molar-refractivity contribution in [1.82, 2.24) is 0 Å². The number of methoxy groups -OCH3 is 1. The average Bonchev–Trinajstić information content (AvgIpc) is 2.16. The second-order valence-corrected chi connectivity index (χ2v) is 2.98. The Morgan fingerprint density at radius 1 is 1.64 bits per heavy atom. The number of esters is 1. The van der Waals surface area contributed by atoms with Gasteiger partial charge in [0.25, 0.3) is 5.70 Å². The van der Waals surface area contributed by atoms with Gasteiger partial charge in [0.2, 0.25) is 0 Å². The molecule has 0 bridgehead atoms. The van der Waals surface area contributed by atoms with Crippen molar-refractivity contribution >= 4 is 5.97 Å². The summed E-state index contributed by atoms with van der Waals surface area (Å²) in [6.07, 6.45) is 2.55. The van der Waals surface area contributed by atoms with Crippen LogP contribution in [0.5, 0.6) is 0 Å². The highest BCUT2D eigenvalue weighted by Gasteiger charge is 2.25. The standard InChI is InChI=1S/C9H11NO4/c1-6-7(9(11)14-2)4-3-5-8(6)10(12)13/h5H,3-4H2,1-2H3. The third-order valence-corrected chi connectivity index (χ3v) is 2.20. The van der Waals surface area contributed by atoms with Gasteiger partial charge in [-0.05, 0) is 25.8 Å². The van der Waals surface area contributed by atoms with E-state index in [0.29, 0.717) is 24.0 Å². The Hall–Kier alpha value is -1.65. The third kappa shape index (κ3) is 1.81. The molecule has 5 heteroatoms. The molecule has 0 aromatic heterocycles. The average molecular weight is 197 g/mol. The van der Waals surface area contributed by atoms with Crippen molar-refractivity contribution in [3.8, 4) is 0 Å². The molecule has 0 N–H and O–H groups in total. The van der Waals surface area contributed by atoms with Crippen molar-refractivity contribution < 1.29 is 14.5 Å². The van der Waals surface area contributed by atoms with Gasteiger partial charge in [0.15, 0.2) is 0 Å². The molecule has 0 unspecified atom stereocenters. The molecular formula is C9H11NO4. The minimum absolute atomic E-state index is 0.0108. The Bertz CT molecular complexity index is 341. The van der Waals surface area contributed by atoms with Crippen molar-refractivity contribution in [2.24, 2.45) is 0 Å². The van der Waals surface area contributed by atoms with Gasteiger partial charge in [-0.3, -0.25) is 10.1 Å². The summed E-state index contributed by atoms with van der Waals surface area (Å²) in [6, 6.07) is 0. The van der Waals surface area contributed by atoms with Gasteiger partial charge in [-0.15, -0.1) is 0 Å². The first-order valence-corrected chi connectivity index (χ1v) is 4.21. The zero-order chi connectivity index (χ0) is 10.7. The predicted octanol–water partition coefficient (Wildman–Crippen LogP) is 1.43. The Kier molecular flexibility index (Phi) is 3.01. The van der Waals surface area contributed by atoms with E-state index >= 15 is 0 Å². The summed E-state index contributed by atoms with van der Waals surface area (Å²) < 4.78 is 4.54. The maximum Gasteiger partial charge on any atom is 0.334 e. The molecule has 0 atom stereocenters. The molecule has 0 saturated carbocycles.